The molecule has 0 amide bonds. The van der Waals surface area contributed by atoms with Crippen molar-refractivity contribution in [1.29, 1.82) is 0 Å². The first kappa shape index (κ1) is 8.90. The molecule has 0 radical (unpaired) electrons. The second-order valence-electron chi connectivity index (χ2n) is 4.54. The zero-order chi connectivity index (χ0) is 10.4. The molecule has 0 saturated carbocycles. The van der Waals surface area contributed by atoms with Gasteiger partial charge in [0.15, 0.2) is 6.20 Å². The van der Waals surface area contributed by atoms with Gasteiger partial charge in [-0.15, -0.1) is 0 Å². The van der Waals surface area contributed by atoms with Crippen LogP contribution in [-0.4, -0.2) is 0 Å². The lowest BCUT2D eigenvalue weighted by Gasteiger charge is -2.00. The van der Waals surface area contributed by atoms with Crippen LogP contribution in [0.3, 0.4) is 0 Å². The van der Waals surface area contributed by atoms with Gasteiger partial charge >= 0.3 is 0 Å². The quantitative estimate of drug-likeness (QED) is 0.611. The Morgan fingerprint density at radius 1 is 1.47 bits per heavy atom. The second-order valence-corrected chi connectivity index (χ2v) is 4.54. The van der Waals surface area contributed by atoms with Gasteiger partial charge in [0.05, 0.1) is 5.56 Å². The summed E-state index contributed by atoms with van der Waals surface area (Å²) in [5.74, 6) is 0.768. The highest BCUT2D eigenvalue weighted by molar-refractivity contribution is 5.94. The molecule has 2 aliphatic rings. The molecule has 1 atom stereocenters. The Kier molecular flexibility index (Phi) is 1.82. The van der Waals surface area contributed by atoms with E-state index in [4.69, 9.17) is 0 Å². The van der Waals surface area contributed by atoms with Crippen LogP contribution in [0, 0.1) is 5.92 Å². The SMILES string of the molecule is CCC1C=C2C(=Cc3c2ccc[n+]3C)C1. The first-order valence-electron chi connectivity index (χ1n) is 5.71. The summed E-state index contributed by atoms with van der Waals surface area (Å²) in [7, 11) is 2.12. The van der Waals surface area contributed by atoms with E-state index in [9.17, 15) is 0 Å². The van der Waals surface area contributed by atoms with E-state index in [0.29, 0.717) is 0 Å². The van der Waals surface area contributed by atoms with Crippen molar-refractivity contribution in [3.63, 3.8) is 0 Å². The number of pyridine rings is 1. The maximum absolute atomic E-state index is 2.46. The molecule has 76 valence electrons. The lowest BCUT2D eigenvalue weighted by molar-refractivity contribution is -0.673. The fourth-order valence-electron chi connectivity index (χ4n) is 2.65. The van der Waals surface area contributed by atoms with E-state index in [0.717, 1.165) is 5.92 Å². The number of hydrogen-bond acceptors (Lipinski definition) is 0. The fraction of sp³-hybridized carbons (Fsp3) is 0.357. The van der Waals surface area contributed by atoms with Crippen LogP contribution in [-0.2, 0) is 7.05 Å². The number of aryl methyl sites for hydroxylation is 1. The summed E-state index contributed by atoms with van der Waals surface area (Å²) in [4.78, 5) is 0. The normalized spacial score (nSPS) is 22.1. The number of aromatic nitrogens is 1. The van der Waals surface area contributed by atoms with Crippen LogP contribution in [0.1, 0.15) is 31.0 Å². The van der Waals surface area contributed by atoms with E-state index in [2.05, 4.69) is 49.0 Å². The van der Waals surface area contributed by atoms with Crippen molar-refractivity contribution in [2.45, 2.75) is 19.8 Å². The lowest BCUT2D eigenvalue weighted by atomic mass is 10.1. The number of nitrogens with zero attached hydrogens (tertiary/aromatic N) is 1. The summed E-state index contributed by atoms with van der Waals surface area (Å²) in [6, 6.07) is 4.37. The molecule has 0 bridgehead atoms. The van der Waals surface area contributed by atoms with Crippen molar-refractivity contribution in [3.8, 4) is 0 Å². The van der Waals surface area contributed by atoms with Crippen LogP contribution in [0.2, 0.25) is 0 Å². The van der Waals surface area contributed by atoms with Crippen molar-refractivity contribution < 1.29 is 4.57 Å². The number of fused-ring (bicyclic) bond motifs is 3. The molecule has 1 unspecified atom stereocenters. The highest BCUT2D eigenvalue weighted by atomic mass is 14.9. The third kappa shape index (κ3) is 1.19. The zero-order valence-electron chi connectivity index (χ0n) is 9.33. The Hall–Kier alpha value is -1.37. The molecule has 0 fully saturated rings. The van der Waals surface area contributed by atoms with Crippen molar-refractivity contribution in [2.24, 2.45) is 13.0 Å². The van der Waals surface area contributed by atoms with Crippen molar-refractivity contribution in [3.05, 3.63) is 41.2 Å². The molecular weight excluding hydrogens is 182 g/mol. The van der Waals surface area contributed by atoms with Crippen molar-refractivity contribution >= 4 is 11.6 Å². The first-order valence-corrected chi connectivity index (χ1v) is 5.71. The molecule has 0 spiro atoms. The standard InChI is InChI=1S/C14H16N/c1-3-10-7-11-9-14-12(13(11)8-10)5-4-6-15(14)2/h4-6,8-10H,3,7H2,1-2H3/q+1. The third-order valence-corrected chi connectivity index (χ3v) is 3.58. The van der Waals surface area contributed by atoms with Gasteiger partial charge in [0.25, 0.3) is 0 Å². The molecule has 1 nitrogen and oxygen atoms in total. The fourth-order valence-corrected chi connectivity index (χ4v) is 2.65. The first-order chi connectivity index (χ1) is 7.29. The van der Waals surface area contributed by atoms with Crippen LogP contribution in [0.5, 0.6) is 0 Å². The molecular formula is C14H16N+. The Labute approximate surface area is 90.8 Å². The van der Waals surface area contributed by atoms with Crippen LogP contribution < -0.4 is 4.57 Å². The number of rotatable bonds is 1. The molecule has 0 N–H and O–H groups in total. The highest BCUT2D eigenvalue weighted by Crippen LogP contribution is 2.43. The van der Waals surface area contributed by atoms with Crippen LogP contribution in [0.25, 0.3) is 11.6 Å². The molecule has 0 aliphatic heterocycles. The molecule has 2 aliphatic carbocycles. The van der Waals surface area contributed by atoms with Crippen LogP contribution in [0.4, 0.5) is 0 Å². The minimum atomic E-state index is 0.768. The van der Waals surface area contributed by atoms with Crippen LogP contribution >= 0.6 is 0 Å². The molecule has 15 heavy (non-hydrogen) atoms. The van der Waals surface area contributed by atoms with Crippen molar-refractivity contribution in [1.82, 2.24) is 0 Å². The minimum absolute atomic E-state index is 0.768. The average Bonchev–Trinajstić information content (AvgIpc) is 2.76. The van der Waals surface area contributed by atoms with Gasteiger partial charge in [-0.2, -0.15) is 0 Å². The summed E-state index contributed by atoms with van der Waals surface area (Å²) >= 11 is 0. The van der Waals surface area contributed by atoms with E-state index >= 15 is 0 Å². The van der Waals surface area contributed by atoms with E-state index < -0.39 is 0 Å². The molecule has 3 rings (SSSR count). The topological polar surface area (TPSA) is 3.88 Å². The minimum Gasteiger partial charge on any atom is -0.201 e. The third-order valence-electron chi connectivity index (χ3n) is 3.58. The van der Waals surface area contributed by atoms with E-state index in [1.54, 1.807) is 5.57 Å². The summed E-state index contributed by atoms with van der Waals surface area (Å²) in [5, 5.41) is 0. The number of hydrogen-bond donors (Lipinski definition) is 0. The van der Waals surface area contributed by atoms with Gasteiger partial charge in [0.2, 0.25) is 5.69 Å². The van der Waals surface area contributed by atoms with E-state index in [1.165, 1.54) is 29.7 Å². The molecule has 1 aromatic rings. The Bertz CT molecular complexity index is 480. The molecule has 0 aromatic carbocycles. The highest BCUT2D eigenvalue weighted by Gasteiger charge is 2.30. The summed E-state index contributed by atoms with van der Waals surface area (Å²) in [6.07, 6.45) is 9.43. The lowest BCUT2D eigenvalue weighted by Crippen LogP contribution is -2.31. The Morgan fingerprint density at radius 2 is 2.33 bits per heavy atom. The second kappa shape index (κ2) is 3.06. The molecule has 0 saturated heterocycles. The van der Waals surface area contributed by atoms with E-state index in [-0.39, 0.29) is 0 Å². The van der Waals surface area contributed by atoms with E-state index in [1.807, 2.05) is 0 Å². The maximum Gasteiger partial charge on any atom is 0.213 e. The molecule has 1 heterocycles. The predicted molar refractivity (Wildman–Crippen MR) is 62.0 cm³/mol. The zero-order valence-corrected chi connectivity index (χ0v) is 9.33. The smallest absolute Gasteiger partial charge is 0.201 e. The van der Waals surface area contributed by atoms with Crippen LogP contribution in [0.15, 0.2) is 30.0 Å². The molecule has 1 heteroatoms. The summed E-state index contributed by atoms with van der Waals surface area (Å²) in [6.45, 7) is 2.27. The number of allylic oxidation sites excluding steroid dienone is 3. The Balaban J connectivity index is 2.14. The largest absolute Gasteiger partial charge is 0.213 e. The molecule has 1 aromatic heterocycles. The van der Waals surface area contributed by atoms with Gasteiger partial charge in [-0.05, 0) is 36.0 Å². The van der Waals surface area contributed by atoms with Gasteiger partial charge < -0.3 is 0 Å². The van der Waals surface area contributed by atoms with Gasteiger partial charge in [-0.3, -0.25) is 0 Å². The average molecular weight is 198 g/mol. The van der Waals surface area contributed by atoms with Gasteiger partial charge in [0.1, 0.15) is 7.05 Å². The Morgan fingerprint density at radius 3 is 3.13 bits per heavy atom. The monoisotopic (exact) mass is 198 g/mol. The summed E-state index contributed by atoms with van der Waals surface area (Å²) < 4.78 is 2.21. The van der Waals surface area contributed by atoms with Gasteiger partial charge in [0, 0.05) is 12.1 Å². The predicted octanol–water partition coefficient (Wildman–Crippen LogP) is 2.72. The van der Waals surface area contributed by atoms with Gasteiger partial charge in [-0.1, -0.05) is 13.0 Å². The van der Waals surface area contributed by atoms with Gasteiger partial charge in [-0.25, -0.2) is 4.57 Å². The van der Waals surface area contributed by atoms with Crippen molar-refractivity contribution in [2.75, 3.05) is 0 Å². The maximum atomic E-state index is 2.46. The summed E-state index contributed by atoms with van der Waals surface area (Å²) in [5.41, 5.74) is 5.82.